The van der Waals surface area contributed by atoms with Crippen LogP contribution in [0.1, 0.15) is 50.2 Å². The molecular formula is C28H22N2O3. The van der Waals surface area contributed by atoms with Crippen molar-refractivity contribution in [2.45, 2.75) is 31.8 Å². The third kappa shape index (κ3) is 2.42. The molecule has 0 amide bonds. The first-order valence-corrected chi connectivity index (χ1v) is 11.1. The lowest BCUT2D eigenvalue weighted by Gasteiger charge is -2.37. The van der Waals surface area contributed by atoms with Crippen LogP contribution in [0.3, 0.4) is 0 Å². The van der Waals surface area contributed by atoms with Crippen LogP contribution in [0, 0.1) is 12.3 Å². The molecule has 3 aromatic rings. The largest absolute Gasteiger partial charge is 0.352 e. The lowest BCUT2D eigenvalue weighted by molar-refractivity contribution is -0.118. The van der Waals surface area contributed by atoms with E-state index in [-0.39, 0.29) is 17.3 Å². The van der Waals surface area contributed by atoms with Gasteiger partial charge in [0, 0.05) is 35.1 Å². The molecule has 1 aromatic heterocycles. The van der Waals surface area contributed by atoms with Crippen LogP contribution in [0.25, 0.3) is 6.08 Å². The minimum atomic E-state index is -1.43. The molecule has 0 N–H and O–H groups in total. The van der Waals surface area contributed by atoms with Gasteiger partial charge in [-0.15, -0.1) is 0 Å². The number of aromatic nitrogens is 1. The Kier molecular flexibility index (Phi) is 4.09. The molecule has 1 spiro atoms. The molecule has 0 unspecified atom stereocenters. The smallest absolute Gasteiger partial charge is 0.180 e. The summed E-state index contributed by atoms with van der Waals surface area (Å²) in [5.41, 5.74) is 3.07. The maximum Gasteiger partial charge on any atom is 0.180 e. The number of Topliss-reactive ketones (excluding diaryl/α,β-unsaturated/α-hetero) is 3. The molecule has 3 heterocycles. The molecule has 6 rings (SSSR count). The van der Waals surface area contributed by atoms with Gasteiger partial charge in [-0.3, -0.25) is 19.4 Å². The average molecular weight is 434 g/mol. The zero-order chi connectivity index (χ0) is 22.9. The Balaban J connectivity index is 1.69. The van der Waals surface area contributed by atoms with Gasteiger partial charge < -0.3 is 4.90 Å². The fourth-order valence-corrected chi connectivity index (χ4v) is 6.16. The van der Waals surface area contributed by atoms with Gasteiger partial charge in [-0.05, 0) is 42.7 Å². The van der Waals surface area contributed by atoms with Gasteiger partial charge in [0.1, 0.15) is 5.41 Å². The van der Waals surface area contributed by atoms with Crippen molar-refractivity contribution in [2.75, 3.05) is 4.90 Å². The van der Waals surface area contributed by atoms with Crippen molar-refractivity contribution < 1.29 is 14.4 Å². The van der Waals surface area contributed by atoms with Crippen LogP contribution in [0.2, 0.25) is 0 Å². The highest BCUT2D eigenvalue weighted by molar-refractivity contribution is 6.32. The van der Waals surface area contributed by atoms with E-state index in [0.717, 1.165) is 22.4 Å². The van der Waals surface area contributed by atoms with E-state index in [9.17, 15) is 14.4 Å². The summed E-state index contributed by atoms with van der Waals surface area (Å²) in [6, 6.07) is 15.5. The zero-order valence-corrected chi connectivity index (χ0v) is 18.4. The number of carbonyl (C=O) groups is 3. The van der Waals surface area contributed by atoms with E-state index < -0.39 is 23.4 Å². The van der Waals surface area contributed by atoms with Crippen LogP contribution >= 0.6 is 0 Å². The molecule has 5 heteroatoms. The van der Waals surface area contributed by atoms with Crippen LogP contribution in [-0.2, 0) is 4.79 Å². The summed E-state index contributed by atoms with van der Waals surface area (Å²) < 4.78 is 0. The summed E-state index contributed by atoms with van der Waals surface area (Å²) in [7, 11) is 0. The zero-order valence-electron chi connectivity index (χ0n) is 18.4. The number of ketones is 3. The van der Waals surface area contributed by atoms with E-state index >= 15 is 0 Å². The number of hydrogen-bond acceptors (Lipinski definition) is 5. The van der Waals surface area contributed by atoms with E-state index in [1.54, 1.807) is 49.6 Å². The number of nitrogens with zero attached hydrogens (tertiary/aromatic N) is 2. The number of rotatable bonds is 2. The van der Waals surface area contributed by atoms with E-state index in [0.29, 0.717) is 11.1 Å². The highest BCUT2D eigenvalue weighted by atomic mass is 16.2. The maximum atomic E-state index is 14.2. The molecule has 1 saturated heterocycles. The lowest BCUT2D eigenvalue weighted by Crippen LogP contribution is -2.48. The van der Waals surface area contributed by atoms with Gasteiger partial charge in [0.15, 0.2) is 17.3 Å². The second kappa shape index (κ2) is 6.82. The summed E-state index contributed by atoms with van der Waals surface area (Å²) in [5, 5.41) is 0. The van der Waals surface area contributed by atoms with Crippen molar-refractivity contribution in [3.63, 3.8) is 0 Å². The first-order valence-electron chi connectivity index (χ1n) is 11.1. The highest BCUT2D eigenvalue weighted by Gasteiger charge is 2.71. The maximum absolute atomic E-state index is 14.2. The Bertz CT molecular complexity index is 1340. The average Bonchev–Trinajstić information content (AvgIpc) is 3.27. The Hall–Kier alpha value is -3.86. The normalized spacial score (nSPS) is 24.1. The van der Waals surface area contributed by atoms with Crippen LogP contribution in [0.15, 0.2) is 73.1 Å². The highest BCUT2D eigenvalue weighted by Crippen LogP contribution is 2.60. The van der Waals surface area contributed by atoms with Gasteiger partial charge >= 0.3 is 0 Å². The monoisotopic (exact) mass is 434 g/mol. The van der Waals surface area contributed by atoms with E-state index in [2.05, 4.69) is 4.98 Å². The molecule has 3 atom stereocenters. The topological polar surface area (TPSA) is 67.3 Å². The van der Waals surface area contributed by atoms with Crippen molar-refractivity contribution in [2.24, 2.45) is 5.41 Å². The SMILES string of the molecule is CC(=O)[C@@H]1[C@H](c2cccnc2)C2(C(=O)c3ccccc3C2=O)[C@@H]2C=Cc3ccc(C)cc3N12. The number of carbonyl (C=O) groups excluding carboxylic acids is 3. The first kappa shape index (κ1) is 19.8. The summed E-state index contributed by atoms with van der Waals surface area (Å²) in [6.45, 7) is 3.55. The second-order valence-electron chi connectivity index (χ2n) is 9.17. The predicted molar refractivity (Wildman–Crippen MR) is 125 cm³/mol. The van der Waals surface area contributed by atoms with Gasteiger partial charge in [0.25, 0.3) is 0 Å². The molecule has 0 bridgehead atoms. The number of benzene rings is 2. The van der Waals surface area contributed by atoms with E-state index in [1.807, 2.05) is 48.2 Å². The van der Waals surface area contributed by atoms with Crippen LogP contribution < -0.4 is 4.90 Å². The van der Waals surface area contributed by atoms with E-state index in [4.69, 9.17) is 0 Å². The van der Waals surface area contributed by atoms with Crippen molar-refractivity contribution in [3.05, 3.63) is 101 Å². The molecule has 5 nitrogen and oxygen atoms in total. The Morgan fingerprint density at radius 2 is 1.73 bits per heavy atom. The van der Waals surface area contributed by atoms with Crippen molar-refractivity contribution in [3.8, 4) is 0 Å². The standard InChI is InChI=1S/C28H22N2O3/c1-16-9-10-18-11-12-23-28(26(32)20-7-3-4-8-21(20)27(28)33)24(19-6-5-13-29-15-19)25(17(2)31)30(23)22(18)14-16/h3-15,23-25H,1-2H3/t23-,24-,25+/m0/s1. The minimum Gasteiger partial charge on any atom is -0.352 e. The molecule has 1 aliphatic carbocycles. The minimum absolute atomic E-state index is 0.0787. The Morgan fingerprint density at radius 3 is 2.36 bits per heavy atom. The Labute approximate surface area is 191 Å². The molecule has 162 valence electrons. The fraction of sp³-hybridized carbons (Fsp3) is 0.214. The number of anilines is 1. The molecule has 33 heavy (non-hydrogen) atoms. The molecule has 2 aliphatic heterocycles. The first-order chi connectivity index (χ1) is 16.0. The number of pyridine rings is 1. The fourth-order valence-electron chi connectivity index (χ4n) is 6.16. The van der Waals surface area contributed by atoms with Crippen molar-refractivity contribution in [1.29, 1.82) is 0 Å². The van der Waals surface area contributed by atoms with Gasteiger partial charge in [-0.2, -0.15) is 0 Å². The quantitative estimate of drug-likeness (QED) is 0.559. The van der Waals surface area contributed by atoms with Crippen LogP contribution in [-0.4, -0.2) is 34.4 Å². The van der Waals surface area contributed by atoms with Crippen LogP contribution in [0.5, 0.6) is 0 Å². The summed E-state index contributed by atoms with van der Waals surface area (Å²) >= 11 is 0. The summed E-state index contributed by atoms with van der Waals surface area (Å²) in [4.78, 5) is 48.0. The van der Waals surface area contributed by atoms with Crippen molar-refractivity contribution in [1.82, 2.24) is 4.98 Å². The number of hydrogen-bond donors (Lipinski definition) is 0. The third-order valence-electron chi connectivity index (χ3n) is 7.42. The third-order valence-corrected chi connectivity index (χ3v) is 7.42. The van der Waals surface area contributed by atoms with Crippen LogP contribution in [0.4, 0.5) is 5.69 Å². The number of fused-ring (bicyclic) bond motifs is 5. The summed E-state index contributed by atoms with van der Waals surface area (Å²) in [6.07, 6.45) is 7.26. The number of aryl methyl sites for hydroxylation is 1. The molecule has 0 radical (unpaired) electrons. The predicted octanol–water partition coefficient (Wildman–Crippen LogP) is 4.41. The molecular weight excluding hydrogens is 412 g/mol. The second-order valence-corrected chi connectivity index (χ2v) is 9.17. The molecule has 2 aromatic carbocycles. The van der Waals surface area contributed by atoms with Gasteiger partial charge in [-0.25, -0.2) is 0 Å². The van der Waals surface area contributed by atoms with Crippen molar-refractivity contribution >= 4 is 29.1 Å². The van der Waals surface area contributed by atoms with Gasteiger partial charge in [0.2, 0.25) is 0 Å². The summed E-state index contributed by atoms with van der Waals surface area (Å²) in [5.74, 6) is -1.16. The molecule has 0 saturated carbocycles. The van der Waals surface area contributed by atoms with Gasteiger partial charge in [0.05, 0.1) is 12.1 Å². The van der Waals surface area contributed by atoms with Gasteiger partial charge in [-0.1, -0.05) is 54.6 Å². The van der Waals surface area contributed by atoms with E-state index in [1.165, 1.54) is 0 Å². The Morgan fingerprint density at radius 1 is 1.00 bits per heavy atom. The lowest BCUT2D eigenvalue weighted by atomic mass is 9.64. The molecule has 3 aliphatic rings. The molecule has 1 fully saturated rings.